The van der Waals surface area contributed by atoms with Crippen LogP contribution in [0.1, 0.15) is 18.9 Å². The van der Waals surface area contributed by atoms with Gasteiger partial charge in [0, 0.05) is 5.39 Å². The van der Waals surface area contributed by atoms with E-state index in [4.69, 9.17) is 14.2 Å². The fourth-order valence-corrected chi connectivity index (χ4v) is 2.36. The first-order chi connectivity index (χ1) is 9.24. The minimum absolute atomic E-state index is 0.645. The van der Waals surface area contributed by atoms with Crippen LogP contribution in [0.15, 0.2) is 24.3 Å². The van der Waals surface area contributed by atoms with Crippen LogP contribution in [-0.4, -0.2) is 21.3 Å². The number of fused-ring (bicyclic) bond motifs is 1. The van der Waals surface area contributed by atoms with Crippen LogP contribution >= 0.6 is 0 Å². The second-order valence-corrected chi connectivity index (χ2v) is 4.45. The summed E-state index contributed by atoms with van der Waals surface area (Å²) in [5.41, 5.74) is 1.31. The smallest absolute Gasteiger partial charge is 0.203 e. The first-order valence-corrected chi connectivity index (χ1v) is 6.46. The molecule has 0 saturated heterocycles. The lowest BCUT2D eigenvalue weighted by molar-refractivity contribution is 0.327. The summed E-state index contributed by atoms with van der Waals surface area (Å²) in [6.07, 6.45) is 2.19. The molecular weight excluding hydrogens is 240 g/mol. The molecule has 0 bridgehead atoms. The maximum Gasteiger partial charge on any atom is 0.203 e. The van der Waals surface area contributed by atoms with Crippen LogP contribution in [0.5, 0.6) is 17.2 Å². The SMILES string of the molecule is CCCc1ccc2cc(OC)c(OC)c(OC)c2c1. The molecule has 0 aromatic heterocycles. The second kappa shape index (κ2) is 5.83. The molecule has 0 heterocycles. The number of rotatable bonds is 5. The van der Waals surface area contributed by atoms with E-state index >= 15 is 0 Å². The van der Waals surface area contributed by atoms with Crippen molar-refractivity contribution >= 4 is 10.8 Å². The highest BCUT2D eigenvalue weighted by Gasteiger charge is 2.15. The van der Waals surface area contributed by atoms with E-state index in [2.05, 4.69) is 25.1 Å². The summed E-state index contributed by atoms with van der Waals surface area (Å²) >= 11 is 0. The third-order valence-corrected chi connectivity index (χ3v) is 3.25. The van der Waals surface area contributed by atoms with Gasteiger partial charge in [0.15, 0.2) is 11.5 Å². The van der Waals surface area contributed by atoms with Crippen LogP contribution in [0.3, 0.4) is 0 Å². The van der Waals surface area contributed by atoms with Crippen molar-refractivity contribution in [3.05, 3.63) is 29.8 Å². The molecule has 0 aliphatic rings. The summed E-state index contributed by atoms with van der Waals surface area (Å²) in [5.74, 6) is 2.07. The highest BCUT2D eigenvalue weighted by Crippen LogP contribution is 2.43. The van der Waals surface area contributed by atoms with Gasteiger partial charge < -0.3 is 14.2 Å². The minimum Gasteiger partial charge on any atom is -0.493 e. The Bertz CT molecular complexity index is 576. The summed E-state index contributed by atoms with van der Waals surface area (Å²) in [7, 11) is 4.92. The first kappa shape index (κ1) is 13.5. The zero-order chi connectivity index (χ0) is 13.8. The zero-order valence-corrected chi connectivity index (χ0v) is 11.9. The molecule has 3 heteroatoms. The molecule has 102 valence electrons. The van der Waals surface area contributed by atoms with Crippen molar-refractivity contribution in [3.63, 3.8) is 0 Å². The molecule has 0 fully saturated rings. The lowest BCUT2D eigenvalue weighted by atomic mass is 10.0. The van der Waals surface area contributed by atoms with E-state index in [-0.39, 0.29) is 0 Å². The van der Waals surface area contributed by atoms with Crippen molar-refractivity contribution in [2.24, 2.45) is 0 Å². The van der Waals surface area contributed by atoms with Crippen LogP contribution in [0, 0.1) is 0 Å². The van der Waals surface area contributed by atoms with E-state index in [1.54, 1.807) is 21.3 Å². The number of ether oxygens (including phenoxy) is 3. The Morgan fingerprint density at radius 1 is 0.895 bits per heavy atom. The van der Waals surface area contributed by atoms with Gasteiger partial charge in [-0.2, -0.15) is 0 Å². The Balaban J connectivity index is 2.71. The van der Waals surface area contributed by atoms with Crippen LogP contribution in [0.4, 0.5) is 0 Å². The van der Waals surface area contributed by atoms with E-state index in [0.29, 0.717) is 11.5 Å². The highest BCUT2D eigenvalue weighted by molar-refractivity contribution is 5.93. The molecule has 19 heavy (non-hydrogen) atoms. The number of hydrogen-bond donors (Lipinski definition) is 0. The number of benzene rings is 2. The molecule has 2 aromatic rings. The summed E-state index contributed by atoms with van der Waals surface area (Å²) in [4.78, 5) is 0. The maximum absolute atomic E-state index is 5.52. The molecule has 0 radical (unpaired) electrons. The third-order valence-electron chi connectivity index (χ3n) is 3.25. The largest absolute Gasteiger partial charge is 0.493 e. The Morgan fingerprint density at radius 2 is 1.63 bits per heavy atom. The Morgan fingerprint density at radius 3 is 2.21 bits per heavy atom. The molecule has 0 aliphatic heterocycles. The monoisotopic (exact) mass is 260 g/mol. The molecule has 0 unspecified atom stereocenters. The van der Waals surface area contributed by atoms with Gasteiger partial charge in [0.1, 0.15) is 0 Å². The molecular formula is C16H20O3. The van der Waals surface area contributed by atoms with Crippen LogP contribution in [0.2, 0.25) is 0 Å². The average molecular weight is 260 g/mol. The van der Waals surface area contributed by atoms with Gasteiger partial charge in [-0.05, 0) is 29.5 Å². The second-order valence-electron chi connectivity index (χ2n) is 4.45. The number of methoxy groups -OCH3 is 3. The van der Waals surface area contributed by atoms with Crippen LogP contribution in [-0.2, 0) is 6.42 Å². The molecule has 2 rings (SSSR count). The number of hydrogen-bond acceptors (Lipinski definition) is 3. The summed E-state index contributed by atoms with van der Waals surface area (Å²) in [6, 6.07) is 8.40. The van der Waals surface area contributed by atoms with Crippen molar-refractivity contribution in [3.8, 4) is 17.2 Å². The fraction of sp³-hybridized carbons (Fsp3) is 0.375. The predicted octanol–water partition coefficient (Wildman–Crippen LogP) is 3.82. The van der Waals surface area contributed by atoms with Crippen LogP contribution < -0.4 is 14.2 Å². The van der Waals surface area contributed by atoms with E-state index < -0.39 is 0 Å². The quantitative estimate of drug-likeness (QED) is 0.818. The van der Waals surface area contributed by atoms with Gasteiger partial charge >= 0.3 is 0 Å². The summed E-state index contributed by atoms with van der Waals surface area (Å²) in [6.45, 7) is 2.18. The standard InChI is InChI=1S/C16H20O3/c1-5-6-11-7-8-12-10-14(17-2)16(19-4)15(18-3)13(12)9-11/h7-10H,5-6H2,1-4H3. The Hall–Kier alpha value is -1.90. The van der Waals surface area contributed by atoms with E-state index in [0.717, 1.165) is 29.4 Å². The van der Waals surface area contributed by atoms with Crippen molar-refractivity contribution < 1.29 is 14.2 Å². The number of aryl methyl sites for hydroxylation is 1. The molecule has 0 amide bonds. The minimum atomic E-state index is 0.645. The lowest BCUT2D eigenvalue weighted by Gasteiger charge is -2.15. The van der Waals surface area contributed by atoms with Gasteiger partial charge in [0.25, 0.3) is 0 Å². The zero-order valence-electron chi connectivity index (χ0n) is 11.9. The Kier molecular flexibility index (Phi) is 4.15. The van der Waals surface area contributed by atoms with Crippen LogP contribution in [0.25, 0.3) is 10.8 Å². The fourth-order valence-electron chi connectivity index (χ4n) is 2.36. The van der Waals surface area contributed by atoms with Crippen molar-refractivity contribution in [2.45, 2.75) is 19.8 Å². The molecule has 3 nitrogen and oxygen atoms in total. The molecule has 0 aliphatic carbocycles. The lowest BCUT2D eigenvalue weighted by Crippen LogP contribution is -1.96. The van der Waals surface area contributed by atoms with Crippen molar-refractivity contribution in [1.82, 2.24) is 0 Å². The molecule has 0 N–H and O–H groups in total. The highest BCUT2D eigenvalue weighted by atomic mass is 16.5. The third kappa shape index (κ3) is 2.46. The van der Waals surface area contributed by atoms with Gasteiger partial charge in [0.2, 0.25) is 5.75 Å². The Labute approximate surface area is 114 Å². The van der Waals surface area contributed by atoms with Gasteiger partial charge in [0.05, 0.1) is 21.3 Å². The maximum atomic E-state index is 5.52. The molecule has 0 spiro atoms. The molecule has 0 saturated carbocycles. The van der Waals surface area contributed by atoms with E-state index in [1.165, 1.54) is 5.56 Å². The van der Waals surface area contributed by atoms with E-state index in [9.17, 15) is 0 Å². The summed E-state index contributed by atoms with van der Waals surface area (Å²) < 4.78 is 16.3. The topological polar surface area (TPSA) is 27.7 Å². The molecule has 2 aromatic carbocycles. The predicted molar refractivity (Wildman–Crippen MR) is 77.6 cm³/mol. The average Bonchev–Trinajstić information content (AvgIpc) is 2.45. The van der Waals surface area contributed by atoms with Gasteiger partial charge in [-0.1, -0.05) is 25.5 Å². The normalized spacial score (nSPS) is 10.5. The first-order valence-electron chi connectivity index (χ1n) is 6.46. The van der Waals surface area contributed by atoms with Gasteiger partial charge in [-0.15, -0.1) is 0 Å². The van der Waals surface area contributed by atoms with Crippen molar-refractivity contribution in [1.29, 1.82) is 0 Å². The van der Waals surface area contributed by atoms with Crippen molar-refractivity contribution in [2.75, 3.05) is 21.3 Å². The summed E-state index contributed by atoms with van der Waals surface area (Å²) in [5, 5.41) is 2.15. The molecule has 0 atom stereocenters. The van der Waals surface area contributed by atoms with Gasteiger partial charge in [-0.25, -0.2) is 0 Å². The van der Waals surface area contributed by atoms with E-state index in [1.807, 2.05) is 6.07 Å². The van der Waals surface area contributed by atoms with Gasteiger partial charge in [-0.3, -0.25) is 0 Å².